The number of rotatable bonds is 1. The van der Waals surface area contributed by atoms with Crippen LogP contribution in [0.5, 0.6) is 0 Å². The first-order valence-electron chi connectivity index (χ1n) is 6.37. The fourth-order valence-electron chi connectivity index (χ4n) is 2.61. The summed E-state index contributed by atoms with van der Waals surface area (Å²) in [4.78, 5) is 20.2. The summed E-state index contributed by atoms with van der Waals surface area (Å²) in [6.07, 6.45) is 1.53. The van der Waals surface area contributed by atoms with Gasteiger partial charge in [0.15, 0.2) is 0 Å². The third-order valence-electron chi connectivity index (χ3n) is 3.80. The van der Waals surface area contributed by atoms with E-state index in [-0.39, 0.29) is 12.1 Å². The van der Waals surface area contributed by atoms with E-state index in [0.29, 0.717) is 25.1 Å². The van der Waals surface area contributed by atoms with E-state index < -0.39 is 0 Å². The lowest BCUT2D eigenvalue weighted by Gasteiger charge is -2.33. The van der Waals surface area contributed by atoms with Gasteiger partial charge in [-0.2, -0.15) is 10.1 Å². The van der Waals surface area contributed by atoms with E-state index >= 15 is 0 Å². The molecule has 1 N–H and O–H groups in total. The van der Waals surface area contributed by atoms with Gasteiger partial charge in [-0.05, 0) is 7.05 Å². The number of hydrogen-bond donors (Lipinski definition) is 1. The number of carbonyl (C=O) groups is 1. The van der Waals surface area contributed by atoms with Crippen LogP contribution in [0.1, 0.15) is 0 Å². The van der Waals surface area contributed by atoms with Crippen LogP contribution in [0.25, 0.3) is 0 Å². The first kappa shape index (κ1) is 12.4. The van der Waals surface area contributed by atoms with Crippen molar-refractivity contribution in [3.8, 4) is 0 Å². The molecule has 0 saturated carbocycles. The molecule has 0 bridgehead atoms. The summed E-state index contributed by atoms with van der Waals surface area (Å²) in [7, 11) is 3.81. The molecule has 104 valence electrons. The SMILES string of the molecule is CN1CCOC2CN(C(=O)Nc3ncnn3C)CC21. The van der Waals surface area contributed by atoms with Crippen molar-refractivity contribution in [2.24, 2.45) is 7.05 Å². The smallest absolute Gasteiger partial charge is 0.324 e. The number of ether oxygens (including phenoxy) is 1. The molecule has 2 aliphatic rings. The minimum absolute atomic E-state index is 0.115. The second-order valence-electron chi connectivity index (χ2n) is 5.00. The second-order valence-corrected chi connectivity index (χ2v) is 5.00. The fraction of sp³-hybridized carbons (Fsp3) is 0.727. The first-order chi connectivity index (χ1) is 9.15. The number of fused-ring (bicyclic) bond motifs is 1. The predicted octanol–water partition coefficient (Wildman–Crippen LogP) is -0.638. The number of anilines is 1. The molecule has 1 aromatic rings. The zero-order valence-corrected chi connectivity index (χ0v) is 11.1. The Hall–Kier alpha value is -1.67. The summed E-state index contributed by atoms with van der Waals surface area (Å²) in [5, 5.41) is 6.68. The molecule has 0 radical (unpaired) electrons. The summed E-state index contributed by atoms with van der Waals surface area (Å²) >= 11 is 0. The third kappa shape index (κ3) is 2.28. The molecule has 8 nitrogen and oxygen atoms in total. The monoisotopic (exact) mass is 266 g/mol. The summed E-state index contributed by atoms with van der Waals surface area (Å²) < 4.78 is 7.25. The van der Waals surface area contributed by atoms with Gasteiger partial charge >= 0.3 is 6.03 Å². The Labute approximate surface area is 111 Å². The van der Waals surface area contributed by atoms with Crippen molar-refractivity contribution in [1.82, 2.24) is 24.6 Å². The molecule has 2 fully saturated rings. The maximum atomic E-state index is 12.2. The van der Waals surface area contributed by atoms with Crippen LogP contribution in [0.4, 0.5) is 10.7 Å². The molecule has 2 aliphatic heterocycles. The van der Waals surface area contributed by atoms with Crippen LogP contribution in [-0.2, 0) is 11.8 Å². The number of amides is 2. The van der Waals surface area contributed by atoms with Gasteiger partial charge in [0, 0.05) is 20.1 Å². The average Bonchev–Trinajstić information content (AvgIpc) is 2.97. The number of aryl methyl sites for hydroxylation is 1. The molecular weight excluding hydrogens is 248 g/mol. The van der Waals surface area contributed by atoms with Crippen LogP contribution in [0.15, 0.2) is 6.33 Å². The molecule has 19 heavy (non-hydrogen) atoms. The van der Waals surface area contributed by atoms with Gasteiger partial charge in [0.05, 0.1) is 25.3 Å². The third-order valence-corrected chi connectivity index (χ3v) is 3.80. The molecule has 3 rings (SSSR count). The van der Waals surface area contributed by atoms with Gasteiger partial charge < -0.3 is 9.64 Å². The first-order valence-corrected chi connectivity index (χ1v) is 6.37. The normalized spacial score (nSPS) is 27.4. The summed E-state index contributed by atoms with van der Waals surface area (Å²) in [6, 6.07) is 0.140. The quantitative estimate of drug-likeness (QED) is 0.732. The molecule has 2 atom stereocenters. The molecule has 2 saturated heterocycles. The van der Waals surface area contributed by atoms with Gasteiger partial charge in [0.2, 0.25) is 5.95 Å². The lowest BCUT2D eigenvalue weighted by atomic mass is 10.1. The maximum Gasteiger partial charge on any atom is 0.324 e. The van der Waals surface area contributed by atoms with Crippen LogP contribution < -0.4 is 5.32 Å². The largest absolute Gasteiger partial charge is 0.373 e. The van der Waals surface area contributed by atoms with Crippen molar-refractivity contribution >= 4 is 12.0 Å². The van der Waals surface area contributed by atoms with Gasteiger partial charge in [-0.3, -0.25) is 10.2 Å². The highest BCUT2D eigenvalue weighted by Crippen LogP contribution is 2.22. The standard InChI is InChI=1S/C11H18N6O2/c1-15-3-4-19-9-6-17(5-8(9)15)11(18)14-10-12-7-13-16(10)2/h7-9H,3-6H2,1-2H3,(H,12,13,14,18). The predicted molar refractivity (Wildman–Crippen MR) is 67.8 cm³/mol. The highest BCUT2D eigenvalue weighted by molar-refractivity contribution is 5.87. The van der Waals surface area contributed by atoms with E-state index in [1.54, 1.807) is 11.9 Å². The maximum absolute atomic E-state index is 12.2. The van der Waals surface area contributed by atoms with E-state index in [1.165, 1.54) is 11.0 Å². The molecule has 0 spiro atoms. The van der Waals surface area contributed by atoms with Crippen LogP contribution in [0.3, 0.4) is 0 Å². The van der Waals surface area contributed by atoms with Crippen molar-refractivity contribution in [2.75, 3.05) is 38.6 Å². The number of urea groups is 1. The lowest BCUT2D eigenvalue weighted by molar-refractivity contribution is -0.0367. The number of likely N-dealkylation sites (tertiary alicyclic amines) is 1. The van der Waals surface area contributed by atoms with Crippen molar-refractivity contribution in [1.29, 1.82) is 0 Å². The number of hydrogen-bond acceptors (Lipinski definition) is 5. The molecule has 3 heterocycles. The zero-order valence-electron chi connectivity index (χ0n) is 11.1. The fourth-order valence-corrected chi connectivity index (χ4v) is 2.61. The average molecular weight is 266 g/mol. The Balaban J connectivity index is 1.64. The number of aromatic nitrogens is 3. The number of nitrogens with zero attached hydrogens (tertiary/aromatic N) is 5. The number of morpholine rings is 1. The van der Waals surface area contributed by atoms with E-state index in [2.05, 4.69) is 27.3 Å². The van der Waals surface area contributed by atoms with E-state index in [4.69, 9.17) is 4.74 Å². The molecule has 0 aromatic carbocycles. The summed E-state index contributed by atoms with van der Waals surface area (Å²) in [6.45, 7) is 2.96. The van der Waals surface area contributed by atoms with Crippen molar-refractivity contribution in [2.45, 2.75) is 12.1 Å². The highest BCUT2D eigenvalue weighted by atomic mass is 16.5. The van der Waals surface area contributed by atoms with Gasteiger partial charge in [0.1, 0.15) is 6.33 Å². The Kier molecular flexibility index (Phi) is 3.11. The van der Waals surface area contributed by atoms with Crippen molar-refractivity contribution < 1.29 is 9.53 Å². The topological polar surface area (TPSA) is 75.5 Å². The van der Waals surface area contributed by atoms with Gasteiger partial charge in [-0.15, -0.1) is 0 Å². The molecule has 8 heteroatoms. The molecular formula is C11H18N6O2. The van der Waals surface area contributed by atoms with Crippen LogP contribution in [0, 0.1) is 0 Å². The zero-order chi connectivity index (χ0) is 13.4. The molecule has 1 aromatic heterocycles. The number of nitrogens with one attached hydrogen (secondary N) is 1. The van der Waals surface area contributed by atoms with Crippen molar-refractivity contribution in [3.63, 3.8) is 0 Å². The number of carbonyl (C=O) groups excluding carboxylic acids is 1. The molecule has 0 aliphatic carbocycles. The molecule has 2 amide bonds. The van der Waals surface area contributed by atoms with Gasteiger partial charge in [0.25, 0.3) is 0 Å². The Bertz CT molecular complexity index is 476. The summed E-state index contributed by atoms with van der Waals surface area (Å²) in [5.41, 5.74) is 0. The van der Waals surface area contributed by atoms with Crippen LogP contribution >= 0.6 is 0 Å². The minimum atomic E-state index is -0.150. The van der Waals surface area contributed by atoms with Crippen LogP contribution in [-0.4, -0.2) is 76.0 Å². The lowest BCUT2D eigenvalue weighted by Crippen LogP contribution is -2.48. The molecule has 2 unspecified atom stereocenters. The second kappa shape index (κ2) is 4.78. The Morgan fingerprint density at radius 1 is 1.47 bits per heavy atom. The van der Waals surface area contributed by atoms with E-state index in [1.807, 2.05) is 0 Å². The van der Waals surface area contributed by atoms with Crippen LogP contribution in [0.2, 0.25) is 0 Å². The Morgan fingerprint density at radius 2 is 2.32 bits per heavy atom. The number of likely N-dealkylation sites (N-methyl/N-ethyl adjacent to an activating group) is 1. The summed E-state index contributed by atoms with van der Waals surface area (Å²) in [5.74, 6) is 0.453. The van der Waals surface area contributed by atoms with E-state index in [0.717, 1.165) is 13.2 Å². The van der Waals surface area contributed by atoms with Gasteiger partial charge in [-0.1, -0.05) is 0 Å². The van der Waals surface area contributed by atoms with Gasteiger partial charge in [-0.25, -0.2) is 9.48 Å². The Morgan fingerprint density at radius 3 is 3.00 bits per heavy atom. The van der Waals surface area contributed by atoms with Crippen molar-refractivity contribution in [3.05, 3.63) is 6.33 Å². The van der Waals surface area contributed by atoms with E-state index in [9.17, 15) is 4.79 Å². The highest BCUT2D eigenvalue weighted by Gasteiger charge is 2.40. The minimum Gasteiger partial charge on any atom is -0.373 e.